The molecule has 1 amide bonds. The van der Waals surface area contributed by atoms with Gasteiger partial charge in [0.2, 0.25) is 5.95 Å². The number of rotatable bonds is 8. The Kier molecular flexibility index (Phi) is 7.38. The van der Waals surface area contributed by atoms with E-state index < -0.39 is 6.04 Å². The van der Waals surface area contributed by atoms with Gasteiger partial charge in [-0.05, 0) is 42.5 Å². The molecule has 4 aromatic rings. The summed E-state index contributed by atoms with van der Waals surface area (Å²) in [4.78, 5) is 25.7. The Morgan fingerprint density at radius 1 is 1.03 bits per heavy atom. The molecule has 0 spiro atoms. The number of para-hydroxylation sites is 1. The Morgan fingerprint density at radius 2 is 1.75 bits per heavy atom. The van der Waals surface area contributed by atoms with Gasteiger partial charge in [-0.15, -0.1) is 0 Å². The van der Waals surface area contributed by atoms with Crippen molar-refractivity contribution in [3.63, 3.8) is 0 Å². The molecule has 184 valence electrons. The van der Waals surface area contributed by atoms with E-state index in [2.05, 4.69) is 20.6 Å². The molecule has 1 fully saturated rings. The monoisotopic (exact) mass is 481 g/mol. The highest BCUT2D eigenvalue weighted by molar-refractivity contribution is 5.94. The predicted octanol–water partition coefficient (Wildman–Crippen LogP) is 5.73. The largest absolute Gasteiger partial charge is 0.394 e. The normalized spacial score (nSPS) is 14.8. The zero-order valence-corrected chi connectivity index (χ0v) is 20.2. The minimum Gasteiger partial charge on any atom is -0.394 e. The summed E-state index contributed by atoms with van der Waals surface area (Å²) in [6, 6.07) is 20.7. The molecule has 2 aromatic heterocycles. The second kappa shape index (κ2) is 11.2. The van der Waals surface area contributed by atoms with Crippen LogP contribution in [0.15, 0.2) is 79.1 Å². The number of hydrogen-bond acceptors (Lipinski definition) is 5. The topological polar surface area (TPSA) is 103 Å². The Hall–Kier alpha value is -3.97. The molecule has 0 aliphatic heterocycles. The number of H-pyrrole nitrogens is 1. The first-order valence-electron chi connectivity index (χ1n) is 12.6. The van der Waals surface area contributed by atoms with Gasteiger partial charge in [0.05, 0.1) is 18.3 Å². The van der Waals surface area contributed by atoms with Crippen LogP contribution in [0.5, 0.6) is 0 Å². The number of benzene rings is 2. The lowest BCUT2D eigenvalue weighted by atomic mass is 9.83. The predicted molar refractivity (Wildman–Crippen MR) is 141 cm³/mol. The Bertz CT molecular complexity index is 1280. The zero-order chi connectivity index (χ0) is 24.7. The number of carbonyl (C=O) groups excluding carboxylic acids is 1. The van der Waals surface area contributed by atoms with Gasteiger partial charge < -0.3 is 20.7 Å². The summed E-state index contributed by atoms with van der Waals surface area (Å²) in [5.41, 5.74) is 5.00. The van der Waals surface area contributed by atoms with E-state index in [4.69, 9.17) is 4.98 Å². The number of anilines is 2. The summed E-state index contributed by atoms with van der Waals surface area (Å²) in [6.45, 7) is -0.185. The highest BCUT2D eigenvalue weighted by Crippen LogP contribution is 2.37. The Labute approximate surface area is 211 Å². The van der Waals surface area contributed by atoms with Crippen LogP contribution in [0.2, 0.25) is 0 Å². The molecule has 7 nitrogen and oxygen atoms in total. The average molecular weight is 482 g/mol. The molecule has 1 aliphatic rings. The summed E-state index contributed by atoms with van der Waals surface area (Å²) in [6.07, 6.45) is 9.68. The fourth-order valence-electron chi connectivity index (χ4n) is 4.86. The van der Waals surface area contributed by atoms with Gasteiger partial charge >= 0.3 is 0 Å². The minimum absolute atomic E-state index is 0.185. The lowest BCUT2D eigenvalue weighted by molar-refractivity contribution is 0.0912. The van der Waals surface area contributed by atoms with Crippen molar-refractivity contribution in [2.24, 2.45) is 0 Å². The molecule has 1 atom stereocenters. The van der Waals surface area contributed by atoms with E-state index in [1.165, 1.54) is 19.3 Å². The molecular formula is C29H31N5O2. The van der Waals surface area contributed by atoms with Gasteiger partial charge in [-0.3, -0.25) is 4.79 Å². The van der Waals surface area contributed by atoms with Crippen LogP contribution in [-0.2, 0) is 0 Å². The van der Waals surface area contributed by atoms with E-state index >= 15 is 0 Å². The van der Waals surface area contributed by atoms with Gasteiger partial charge in [0.25, 0.3) is 5.91 Å². The maximum atomic E-state index is 13.0. The fourth-order valence-corrected chi connectivity index (χ4v) is 4.86. The van der Waals surface area contributed by atoms with E-state index in [9.17, 15) is 9.90 Å². The molecule has 2 aromatic carbocycles. The van der Waals surface area contributed by atoms with E-state index in [0.717, 1.165) is 40.9 Å². The molecular weight excluding hydrogens is 450 g/mol. The van der Waals surface area contributed by atoms with Gasteiger partial charge in [-0.1, -0.05) is 67.8 Å². The summed E-state index contributed by atoms with van der Waals surface area (Å²) in [5, 5.41) is 16.0. The van der Waals surface area contributed by atoms with Crippen molar-refractivity contribution in [3.8, 4) is 11.3 Å². The first-order valence-corrected chi connectivity index (χ1v) is 12.6. The van der Waals surface area contributed by atoms with Crippen molar-refractivity contribution < 1.29 is 9.90 Å². The number of aliphatic hydroxyl groups is 1. The van der Waals surface area contributed by atoms with Gasteiger partial charge in [-0.2, -0.15) is 0 Å². The second-order valence-electron chi connectivity index (χ2n) is 9.24. The fraction of sp³-hybridized carbons (Fsp3) is 0.276. The Balaban J connectivity index is 1.42. The van der Waals surface area contributed by atoms with Crippen LogP contribution in [-0.4, -0.2) is 32.6 Å². The number of aromatic amines is 1. The number of nitrogens with zero attached hydrogens (tertiary/aromatic N) is 2. The van der Waals surface area contributed by atoms with E-state index in [1.807, 2.05) is 79.1 Å². The van der Waals surface area contributed by atoms with Crippen molar-refractivity contribution in [2.45, 2.75) is 44.1 Å². The number of amides is 1. The summed E-state index contributed by atoms with van der Waals surface area (Å²) in [5.74, 6) is 0.649. The number of nitrogens with one attached hydrogen (secondary N) is 3. The molecule has 1 saturated carbocycles. The molecule has 0 bridgehead atoms. The SMILES string of the molecule is O=C(NC(CO)c1ccccc1)c1cc(-c2nc(Nc3ccccc3)ncc2C2CCCCC2)c[nH]1. The molecule has 1 unspecified atom stereocenters. The lowest BCUT2D eigenvalue weighted by Crippen LogP contribution is -2.30. The zero-order valence-electron chi connectivity index (χ0n) is 20.2. The van der Waals surface area contributed by atoms with Gasteiger partial charge in [0.15, 0.2) is 0 Å². The highest BCUT2D eigenvalue weighted by atomic mass is 16.3. The van der Waals surface area contributed by atoms with Crippen LogP contribution in [0.3, 0.4) is 0 Å². The summed E-state index contributed by atoms with van der Waals surface area (Å²) < 4.78 is 0. The number of carbonyl (C=O) groups is 1. The molecule has 36 heavy (non-hydrogen) atoms. The van der Waals surface area contributed by atoms with Gasteiger partial charge in [0.1, 0.15) is 5.69 Å². The summed E-state index contributed by atoms with van der Waals surface area (Å²) in [7, 11) is 0. The second-order valence-corrected chi connectivity index (χ2v) is 9.24. The lowest BCUT2D eigenvalue weighted by Gasteiger charge is -2.23. The van der Waals surface area contributed by atoms with Crippen molar-refractivity contribution in [2.75, 3.05) is 11.9 Å². The average Bonchev–Trinajstić information content (AvgIpc) is 3.44. The highest BCUT2D eigenvalue weighted by Gasteiger charge is 2.23. The quantitative estimate of drug-likeness (QED) is 0.257. The van der Waals surface area contributed by atoms with E-state index in [1.54, 1.807) is 0 Å². The van der Waals surface area contributed by atoms with Crippen molar-refractivity contribution in [1.82, 2.24) is 20.3 Å². The third-order valence-electron chi connectivity index (χ3n) is 6.78. The molecule has 0 radical (unpaired) electrons. The molecule has 0 saturated heterocycles. The van der Waals surface area contributed by atoms with Crippen LogP contribution < -0.4 is 10.6 Å². The van der Waals surface area contributed by atoms with Crippen molar-refractivity contribution >= 4 is 17.5 Å². The molecule has 7 heteroatoms. The summed E-state index contributed by atoms with van der Waals surface area (Å²) >= 11 is 0. The van der Waals surface area contributed by atoms with Gasteiger partial charge in [0, 0.05) is 29.2 Å². The van der Waals surface area contributed by atoms with Crippen LogP contribution in [0, 0.1) is 0 Å². The first-order chi connectivity index (χ1) is 17.7. The number of aromatic nitrogens is 3. The Morgan fingerprint density at radius 3 is 2.47 bits per heavy atom. The molecule has 1 aliphatic carbocycles. The first kappa shape index (κ1) is 23.8. The smallest absolute Gasteiger partial charge is 0.268 e. The molecule has 4 N–H and O–H groups in total. The molecule has 2 heterocycles. The van der Waals surface area contributed by atoms with E-state index in [-0.39, 0.29) is 12.5 Å². The maximum absolute atomic E-state index is 13.0. The third-order valence-corrected chi connectivity index (χ3v) is 6.78. The minimum atomic E-state index is -0.482. The van der Waals surface area contributed by atoms with Crippen LogP contribution in [0.4, 0.5) is 11.6 Å². The van der Waals surface area contributed by atoms with E-state index in [0.29, 0.717) is 17.6 Å². The van der Waals surface area contributed by atoms with Crippen molar-refractivity contribution in [1.29, 1.82) is 0 Å². The standard InChI is InChI=1S/C29H31N5O2/c35-19-26(21-12-6-2-7-13-21)33-28(36)25-16-22(17-30-25)27-24(20-10-4-1-5-11-20)18-31-29(34-27)32-23-14-8-3-9-15-23/h2-3,6-9,12-18,20,26,30,35H,1,4-5,10-11,19H2,(H,33,36)(H,31,32,34). The van der Waals surface area contributed by atoms with Crippen LogP contribution in [0.25, 0.3) is 11.3 Å². The van der Waals surface area contributed by atoms with Gasteiger partial charge in [-0.25, -0.2) is 9.97 Å². The third kappa shape index (κ3) is 5.47. The van der Waals surface area contributed by atoms with Crippen molar-refractivity contribution in [3.05, 3.63) is 95.9 Å². The molecule has 5 rings (SSSR count). The number of hydrogen-bond donors (Lipinski definition) is 4. The number of aliphatic hydroxyl groups excluding tert-OH is 1. The van der Waals surface area contributed by atoms with Crippen LogP contribution in [0.1, 0.15) is 65.7 Å². The maximum Gasteiger partial charge on any atom is 0.268 e. The van der Waals surface area contributed by atoms with Crippen LogP contribution >= 0.6 is 0 Å².